The first-order chi connectivity index (χ1) is 12.0. The summed E-state index contributed by atoms with van der Waals surface area (Å²) >= 11 is 0. The normalized spacial score (nSPS) is 16.0. The summed E-state index contributed by atoms with van der Waals surface area (Å²) in [4.78, 5) is 13.4. The Balaban J connectivity index is 2.02. The SMILES string of the molecule is CC(O)C(=O)N1CCC(Oc2ccc(C(=N)CC=N)cc2C#N)CC1. The van der Waals surface area contributed by atoms with Crippen molar-refractivity contribution in [3.63, 3.8) is 0 Å². The second kappa shape index (κ2) is 8.40. The average molecular weight is 342 g/mol. The van der Waals surface area contributed by atoms with Crippen LogP contribution in [-0.2, 0) is 4.79 Å². The van der Waals surface area contributed by atoms with Gasteiger partial charge in [0.2, 0.25) is 0 Å². The fourth-order valence-corrected chi connectivity index (χ4v) is 2.77. The maximum atomic E-state index is 11.8. The van der Waals surface area contributed by atoms with Crippen molar-refractivity contribution < 1.29 is 14.6 Å². The first kappa shape index (κ1) is 18.6. The number of nitriles is 1. The molecular formula is C18H22N4O3. The van der Waals surface area contributed by atoms with Gasteiger partial charge in [-0.25, -0.2) is 0 Å². The van der Waals surface area contributed by atoms with Crippen LogP contribution in [0.2, 0.25) is 0 Å². The number of piperidine rings is 1. The molecule has 0 aromatic heterocycles. The first-order valence-corrected chi connectivity index (χ1v) is 8.20. The molecule has 0 spiro atoms. The van der Waals surface area contributed by atoms with E-state index in [1.165, 1.54) is 6.92 Å². The van der Waals surface area contributed by atoms with Gasteiger partial charge in [-0.15, -0.1) is 0 Å². The van der Waals surface area contributed by atoms with Gasteiger partial charge in [0.15, 0.2) is 0 Å². The maximum absolute atomic E-state index is 11.8. The number of nitrogens with zero attached hydrogens (tertiary/aromatic N) is 2. The van der Waals surface area contributed by atoms with Crippen molar-refractivity contribution in [1.82, 2.24) is 4.90 Å². The quantitative estimate of drug-likeness (QED) is 0.681. The molecule has 0 bridgehead atoms. The molecule has 25 heavy (non-hydrogen) atoms. The van der Waals surface area contributed by atoms with Gasteiger partial charge in [0.05, 0.1) is 5.56 Å². The predicted molar refractivity (Wildman–Crippen MR) is 93.3 cm³/mol. The fourth-order valence-electron chi connectivity index (χ4n) is 2.77. The van der Waals surface area contributed by atoms with E-state index in [1.807, 2.05) is 0 Å². The highest BCUT2D eigenvalue weighted by molar-refractivity contribution is 6.05. The van der Waals surface area contributed by atoms with Crippen molar-refractivity contribution in [3.05, 3.63) is 29.3 Å². The molecule has 132 valence electrons. The highest BCUT2D eigenvalue weighted by Gasteiger charge is 2.26. The zero-order valence-electron chi connectivity index (χ0n) is 14.2. The number of benzene rings is 1. The van der Waals surface area contributed by atoms with Gasteiger partial charge in [-0.2, -0.15) is 5.26 Å². The molecule has 1 aliphatic heterocycles. The van der Waals surface area contributed by atoms with Gasteiger partial charge in [0.25, 0.3) is 5.91 Å². The minimum atomic E-state index is -0.994. The number of carbonyl (C=O) groups excluding carboxylic acids is 1. The number of amides is 1. The van der Waals surface area contributed by atoms with Crippen LogP contribution < -0.4 is 4.74 Å². The summed E-state index contributed by atoms with van der Waals surface area (Å²) in [6, 6.07) is 7.09. The van der Waals surface area contributed by atoms with E-state index in [1.54, 1.807) is 23.1 Å². The van der Waals surface area contributed by atoms with E-state index < -0.39 is 6.10 Å². The van der Waals surface area contributed by atoms with Gasteiger partial charge in [-0.1, -0.05) is 0 Å². The monoisotopic (exact) mass is 342 g/mol. The van der Waals surface area contributed by atoms with Crippen LogP contribution in [0.3, 0.4) is 0 Å². The smallest absolute Gasteiger partial charge is 0.251 e. The molecule has 1 unspecified atom stereocenters. The lowest BCUT2D eigenvalue weighted by Gasteiger charge is -2.33. The van der Waals surface area contributed by atoms with Gasteiger partial charge in [-0.3, -0.25) is 4.79 Å². The highest BCUT2D eigenvalue weighted by atomic mass is 16.5. The van der Waals surface area contributed by atoms with Crippen molar-refractivity contribution in [2.24, 2.45) is 0 Å². The Morgan fingerprint density at radius 3 is 2.76 bits per heavy atom. The number of carbonyl (C=O) groups is 1. The van der Waals surface area contributed by atoms with E-state index in [-0.39, 0.29) is 24.1 Å². The molecule has 7 heteroatoms. The Labute approximate surface area is 146 Å². The Hall–Kier alpha value is -2.72. The topological polar surface area (TPSA) is 121 Å². The molecule has 0 radical (unpaired) electrons. The molecule has 1 heterocycles. The Kier molecular flexibility index (Phi) is 6.25. The highest BCUT2D eigenvalue weighted by Crippen LogP contribution is 2.24. The van der Waals surface area contributed by atoms with Crippen LogP contribution in [0.5, 0.6) is 5.75 Å². The van der Waals surface area contributed by atoms with Crippen LogP contribution in [0, 0.1) is 22.1 Å². The van der Waals surface area contributed by atoms with Gasteiger partial charge in [-0.05, 0) is 30.7 Å². The molecule has 0 saturated carbocycles. The second-order valence-corrected chi connectivity index (χ2v) is 6.03. The van der Waals surface area contributed by atoms with Crippen molar-refractivity contribution in [2.45, 2.75) is 38.4 Å². The molecule has 1 fully saturated rings. The van der Waals surface area contributed by atoms with Crippen molar-refractivity contribution >= 4 is 17.8 Å². The number of ether oxygens (including phenoxy) is 1. The lowest BCUT2D eigenvalue weighted by molar-refractivity contribution is -0.141. The molecule has 2 rings (SSSR count). The van der Waals surface area contributed by atoms with Crippen LogP contribution in [-0.4, -0.2) is 53.1 Å². The lowest BCUT2D eigenvalue weighted by Crippen LogP contribution is -2.45. The third kappa shape index (κ3) is 4.64. The zero-order valence-corrected chi connectivity index (χ0v) is 14.2. The Morgan fingerprint density at radius 1 is 1.52 bits per heavy atom. The van der Waals surface area contributed by atoms with Gasteiger partial charge >= 0.3 is 0 Å². The maximum Gasteiger partial charge on any atom is 0.251 e. The van der Waals surface area contributed by atoms with Crippen LogP contribution in [0.15, 0.2) is 18.2 Å². The molecule has 1 aliphatic rings. The molecule has 1 saturated heterocycles. The fraction of sp³-hybridized carbons (Fsp3) is 0.444. The number of aliphatic hydroxyl groups excluding tert-OH is 1. The molecule has 7 nitrogen and oxygen atoms in total. The summed E-state index contributed by atoms with van der Waals surface area (Å²) in [7, 11) is 0. The van der Waals surface area contributed by atoms with Crippen LogP contribution in [0.25, 0.3) is 0 Å². The summed E-state index contributed by atoms with van der Waals surface area (Å²) in [6.45, 7) is 2.48. The number of hydrogen-bond acceptors (Lipinski definition) is 6. The van der Waals surface area contributed by atoms with E-state index in [0.717, 1.165) is 6.21 Å². The molecule has 1 amide bonds. The van der Waals surface area contributed by atoms with E-state index in [4.69, 9.17) is 15.6 Å². The first-order valence-electron chi connectivity index (χ1n) is 8.20. The van der Waals surface area contributed by atoms with E-state index in [9.17, 15) is 15.2 Å². The zero-order chi connectivity index (χ0) is 18.4. The minimum absolute atomic E-state index is 0.1000. The molecule has 1 aromatic carbocycles. The second-order valence-electron chi connectivity index (χ2n) is 6.03. The molecular weight excluding hydrogens is 320 g/mol. The minimum Gasteiger partial charge on any atom is -0.489 e. The predicted octanol–water partition coefficient (Wildman–Crippen LogP) is 1.72. The average Bonchev–Trinajstić information content (AvgIpc) is 2.62. The number of rotatable bonds is 6. The molecule has 0 aliphatic carbocycles. The van der Waals surface area contributed by atoms with Gasteiger partial charge in [0, 0.05) is 44.3 Å². The van der Waals surface area contributed by atoms with Crippen molar-refractivity contribution in [2.75, 3.05) is 13.1 Å². The summed E-state index contributed by atoms with van der Waals surface area (Å²) < 4.78 is 5.92. The van der Waals surface area contributed by atoms with Crippen LogP contribution in [0.4, 0.5) is 0 Å². The molecule has 3 N–H and O–H groups in total. The van der Waals surface area contributed by atoms with Gasteiger partial charge < -0.3 is 25.6 Å². The number of aliphatic hydroxyl groups is 1. The summed E-state index contributed by atoms with van der Waals surface area (Å²) in [5.74, 6) is 0.194. The summed E-state index contributed by atoms with van der Waals surface area (Å²) in [6.07, 6.45) is 1.55. The van der Waals surface area contributed by atoms with Crippen LogP contribution in [0.1, 0.15) is 37.3 Å². The molecule has 1 aromatic rings. The number of hydrogen-bond donors (Lipinski definition) is 3. The third-order valence-corrected chi connectivity index (χ3v) is 4.16. The number of nitrogens with one attached hydrogen (secondary N) is 2. The Morgan fingerprint density at radius 2 is 2.20 bits per heavy atom. The van der Waals surface area contributed by atoms with Crippen molar-refractivity contribution in [1.29, 1.82) is 16.1 Å². The van der Waals surface area contributed by atoms with E-state index in [2.05, 4.69) is 6.07 Å². The molecule has 1 atom stereocenters. The van der Waals surface area contributed by atoms with Gasteiger partial charge in [0.1, 0.15) is 24.0 Å². The van der Waals surface area contributed by atoms with E-state index in [0.29, 0.717) is 42.8 Å². The Bertz CT molecular complexity index is 701. The van der Waals surface area contributed by atoms with Crippen molar-refractivity contribution in [3.8, 4) is 11.8 Å². The lowest BCUT2D eigenvalue weighted by atomic mass is 10.0. The summed E-state index contributed by atoms with van der Waals surface area (Å²) in [5.41, 5.74) is 1.24. The number of likely N-dealkylation sites (tertiary alicyclic amines) is 1. The van der Waals surface area contributed by atoms with Crippen LogP contribution >= 0.6 is 0 Å². The van der Waals surface area contributed by atoms with E-state index >= 15 is 0 Å². The standard InChI is InChI=1S/C18H22N4O3/c1-12(23)18(24)22-8-5-15(6-9-22)25-17-3-2-13(10-14(17)11-20)16(21)4-7-19/h2-3,7,10,12,15,19,21,23H,4-6,8-9H2,1H3. The summed E-state index contributed by atoms with van der Waals surface area (Å²) in [5, 5.41) is 33.6. The largest absolute Gasteiger partial charge is 0.489 e. The third-order valence-electron chi connectivity index (χ3n) is 4.16.